The molecule has 2 N–H and O–H groups in total. The van der Waals surface area contributed by atoms with Crippen LogP contribution in [0, 0.1) is 11.3 Å². The van der Waals surface area contributed by atoms with Crippen LogP contribution in [0.2, 0.25) is 0 Å². The Labute approximate surface area is 118 Å². The zero-order chi connectivity index (χ0) is 14.8. The molecule has 1 fully saturated rings. The molecule has 1 aromatic rings. The van der Waals surface area contributed by atoms with E-state index in [4.69, 9.17) is 5.11 Å². The summed E-state index contributed by atoms with van der Waals surface area (Å²) in [6.07, 6.45) is 3.40. The lowest BCUT2D eigenvalue weighted by atomic mass is 9.94. The minimum Gasteiger partial charge on any atom is -0.477 e. The molecule has 1 amide bonds. The van der Waals surface area contributed by atoms with Crippen LogP contribution in [0.3, 0.4) is 0 Å². The van der Waals surface area contributed by atoms with E-state index >= 15 is 0 Å². The predicted octanol–water partition coefficient (Wildman–Crippen LogP) is 2.34. The second-order valence-corrected chi connectivity index (χ2v) is 5.99. The van der Waals surface area contributed by atoms with E-state index in [0.29, 0.717) is 12.5 Å². The molecule has 0 saturated heterocycles. The molecule has 0 bridgehead atoms. The van der Waals surface area contributed by atoms with Gasteiger partial charge in [0.2, 0.25) is 0 Å². The Kier molecular flexibility index (Phi) is 4.06. The summed E-state index contributed by atoms with van der Waals surface area (Å²) in [5.41, 5.74) is 0.292. The molecule has 0 atom stereocenters. The Bertz CT molecular complexity index is 522. The third kappa shape index (κ3) is 3.56. The van der Waals surface area contributed by atoms with Crippen molar-refractivity contribution in [2.75, 3.05) is 6.54 Å². The SMILES string of the molecule is CC(C)CC1(CNC(=O)c2cccc(C(=O)O)n2)CC1. The first-order chi connectivity index (χ1) is 9.42. The Morgan fingerprint density at radius 1 is 1.35 bits per heavy atom. The molecule has 0 unspecified atom stereocenters. The molecule has 0 radical (unpaired) electrons. The third-order valence-electron chi connectivity index (χ3n) is 3.62. The quantitative estimate of drug-likeness (QED) is 0.835. The van der Waals surface area contributed by atoms with E-state index in [9.17, 15) is 9.59 Å². The fourth-order valence-electron chi connectivity index (χ4n) is 2.53. The van der Waals surface area contributed by atoms with Gasteiger partial charge in [0.25, 0.3) is 5.91 Å². The van der Waals surface area contributed by atoms with E-state index < -0.39 is 5.97 Å². The fourth-order valence-corrected chi connectivity index (χ4v) is 2.53. The van der Waals surface area contributed by atoms with Gasteiger partial charge in [0.1, 0.15) is 11.4 Å². The van der Waals surface area contributed by atoms with Crippen LogP contribution in [0.4, 0.5) is 0 Å². The smallest absolute Gasteiger partial charge is 0.354 e. The average molecular weight is 276 g/mol. The molecule has 0 spiro atoms. The van der Waals surface area contributed by atoms with Gasteiger partial charge < -0.3 is 10.4 Å². The number of aromatic carboxylic acids is 1. The summed E-state index contributed by atoms with van der Waals surface area (Å²) in [4.78, 5) is 26.7. The summed E-state index contributed by atoms with van der Waals surface area (Å²) in [5, 5.41) is 11.7. The van der Waals surface area contributed by atoms with Crippen molar-refractivity contribution in [1.29, 1.82) is 0 Å². The van der Waals surface area contributed by atoms with Gasteiger partial charge in [-0.15, -0.1) is 0 Å². The zero-order valence-corrected chi connectivity index (χ0v) is 11.8. The number of carbonyl (C=O) groups excluding carboxylic acids is 1. The van der Waals surface area contributed by atoms with Crippen LogP contribution in [0.5, 0.6) is 0 Å². The molecule has 2 rings (SSSR count). The van der Waals surface area contributed by atoms with Crippen molar-refractivity contribution in [3.63, 3.8) is 0 Å². The molecule has 1 saturated carbocycles. The van der Waals surface area contributed by atoms with Crippen LogP contribution in [-0.2, 0) is 0 Å². The first kappa shape index (κ1) is 14.5. The van der Waals surface area contributed by atoms with Gasteiger partial charge in [-0.25, -0.2) is 9.78 Å². The molecule has 5 heteroatoms. The maximum absolute atomic E-state index is 12.0. The summed E-state index contributed by atoms with van der Waals surface area (Å²) in [5.74, 6) is -0.816. The van der Waals surface area contributed by atoms with Gasteiger partial charge in [0.15, 0.2) is 0 Å². The van der Waals surface area contributed by atoms with Crippen molar-refractivity contribution in [2.45, 2.75) is 33.1 Å². The number of pyridine rings is 1. The van der Waals surface area contributed by atoms with Crippen LogP contribution in [0.15, 0.2) is 18.2 Å². The van der Waals surface area contributed by atoms with Gasteiger partial charge in [-0.3, -0.25) is 4.79 Å². The topological polar surface area (TPSA) is 79.3 Å². The highest BCUT2D eigenvalue weighted by molar-refractivity contribution is 5.94. The number of carboxylic acid groups (broad SMARTS) is 1. The number of aromatic nitrogens is 1. The molecular weight excluding hydrogens is 256 g/mol. The minimum atomic E-state index is -1.13. The van der Waals surface area contributed by atoms with Gasteiger partial charge in [-0.1, -0.05) is 19.9 Å². The molecule has 1 heterocycles. The number of nitrogens with zero attached hydrogens (tertiary/aromatic N) is 1. The van der Waals surface area contributed by atoms with Crippen LogP contribution < -0.4 is 5.32 Å². The van der Waals surface area contributed by atoms with Crippen LogP contribution in [0.1, 0.15) is 54.1 Å². The number of nitrogens with one attached hydrogen (secondary N) is 1. The average Bonchev–Trinajstić information content (AvgIpc) is 3.15. The molecule has 20 heavy (non-hydrogen) atoms. The minimum absolute atomic E-state index is 0.110. The molecule has 1 aliphatic rings. The van der Waals surface area contributed by atoms with E-state index in [1.54, 1.807) is 0 Å². The number of hydrogen-bond acceptors (Lipinski definition) is 3. The number of carbonyl (C=O) groups is 2. The van der Waals surface area contributed by atoms with E-state index in [0.717, 1.165) is 19.3 Å². The van der Waals surface area contributed by atoms with E-state index in [2.05, 4.69) is 24.1 Å². The largest absolute Gasteiger partial charge is 0.477 e. The molecular formula is C15H20N2O3. The zero-order valence-electron chi connectivity index (χ0n) is 11.8. The molecule has 0 aromatic carbocycles. The summed E-state index contributed by atoms with van der Waals surface area (Å²) in [7, 11) is 0. The Morgan fingerprint density at radius 2 is 2.00 bits per heavy atom. The predicted molar refractivity (Wildman–Crippen MR) is 74.7 cm³/mol. The Balaban J connectivity index is 1.95. The first-order valence-corrected chi connectivity index (χ1v) is 6.90. The fraction of sp³-hybridized carbons (Fsp3) is 0.533. The third-order valence-corrected chi connectivity index (χ3v) is 3.62. The Morgan fingerprint density at radius 3 is 2.55 bits per heavy atom. The van der Waals surface area contributed by atoms with Crippen molar-refractivity contribution < 1.29 is 14.7 Å². The molecule has 1 aliphatic carbocycles. The van der Waals surface area contributed by atoms with Crippen LogP contribution in [-0.4, -0.2) is 28.5 Å². The van der Waals surface area contributed by atoms with Gasteiger partial charge >= 0.3 is 5.97 Å². The van der Waals surface area contributed by atoms with E-state index in [-0.39, 0.29) is 22.7 Å². The van der Waals surface area contributed by atoms with Crippen molar-refractivity contribution in [2.24, 2.45) is 11.3 Å². The lowest BCUT2D eigenvalue weighted by molar-refractivity contribution is 0.0690. The maximum atomic E-state index is 12.0. The second kappa shape index (κ2) is 5.61. The van der Waals surface area contributed by atoms with E-state index in [1.807, 2.05) is 0 Å². The Hall–Kier alpha value is -1.91. The molecule has 1 aromatic heterocycles. The second-order valence-electron chi connectivity index (χ2n) is 5.99. The summed E-state index contributed by atoms with van der Waals surface area (Å²) < 4.78 is 0. The van der Waals surface area contributed by atoms with Crippen molar-refractivity contribution >= 4 is 11.9 Å². The van der Waals surface area contributed by atoms with Gasteiger partial charge in [-0.05, 0) is 42.7 Å². The normalized spacial score (nSPS) is 15.9. The van der Waals surface area contributed by atoms with Crippen molar-refractivity contribution in [1.82, 2.24) is 10.3 Å². The van der Waals surface area contributed by atoms with Crippen LogP contribution >= 0.6 is 0 Å². The van der Waals surface area contributed by atoms with Crippen molar-refractivity contribution in [3.05, 3.63) is 29.6 Å². The maximum Gasteiger partial charge on any atom is 0.354 e. The standard InChI is InChI=1S/C15H20N2O3/c1-10(2)8-15(6-7-15)9-16-13(18)11-4-3-5-12(17-11)14(19)20/h3-5,10H,6-9H2,1-2H3,(H,16,18)(H,19,20). The van der Waals surface area contributed by atoms with Gasteiger partial charge in [-0.2, -0.15) is 0 Å². The lowest BCUT2D eigenvalue weighted by Crippen LogP contribution is -2.31. The number of amides is 1. The molecule has 108 valence electrons. The lowest BCUT2D eigenvalue weighted by Gasteiger charge is -2.18. The monoisotopic (exact) mass is 276 g/mol. The summed E-state index contributed by atoms with van der Waals surface area (Å²) in [6, 6.07) is 4.44. The van der Waals surface area contributed by atoms with Crippen LogP contribution in [0.25, 0.3) is 0 Å². The first-order valence-electron chi connectivity index (χ1n) is 6.90. The summed E-state index contributed by atoms with van der Waals surface area (Å²) >= 11 is 0. The van der Waals surface area contributed by atoms with Crippen molar-refractivity contribution in [3.8, 4) is 0 Å². The highest BCUT2D eigenvalue weighted by Crippen LogP contribution is 2.49. The number of rotatable bonds is 6. The highest BCUT2D eigenvalue weighted by Gasteiger charge is 2.42. The van der Waals surface area contributed by atoms with E-state index in [1.165, 1.54) is 18.2 Å². The number of hydrogen-bond donors (Lipinski definition) is 2. The number of carboxylic acids is 1. The summed E-state index contributed by atoms with van der Waals surface area (Å²) in [6.45, 7) is 5.00. The molecule has 5 nitrogen and oxygen atoms in total. The highest BCUT2D eigenvalue weighted by atomic mass is 16.4. The van der Waals surface area contributed by atoms with Gasteiger partial charge in [0, 0.05) is 6.54 Å². The van der Waals surface area contributed by atoms with Gasteiger partial charge in [0.05, 0.1) is 0 Å². The molecule has 0 aliphatic heterocycles.